The molecule has 0 radical (unpaired) electrons. The van der Waals surface area contributed by atoms with Crippen LogP contribution in [-0.4, -0.2) is 15.6 Å². The Kier molecular flexibility index (Phi) is 3.80. The van der Waals surface area contributed by atoms with Crippen LogP contribution in [-0.2, 0) is 13.0 Å². The maximum Gasteiger partial charge on any atom is 0.267 e. The predicted octanol–water partition coefficient (Wildman–Crippen LogP) is 3.52. The molecule has 0 bridgehead atoms. The van der Waals surface area contributed by atoms with E-state index < -0.39 is 11.5 Å². The summed E-state index contributed by atoms with van der Waals surface area (Å²) in [5.41, 5.74) is 3.67. The van der Waals surface area contributed by atoms with E-state index >= 15 is 0 Å². The lowest BCUT2D eigenvalue weighted by Crippen LogP contribution is -2.31. The van der Waals surface area contributed by atoms with Gasteiger partial charge in [-0.2, -0.15) is 0 Å². The molecule has 1 aliphatic rings. The van der Waals surface area contributed by atoms with Crippen molar-refractivity contribution >= 4 is 22.5 Å². The van der Waals surface area contributed by atoms with E-state index in [1.807, 2.05) is 44.2 Å². The number of rotatable bonds is 2. The molecule has 132 valence electrons. The van der Waals surface area contributed by atoms with E-state index in [1.54, 1.807) is 10.6 Å². The molecule has 3 aromatic rings. The number of pyridine rings is 1. The number of nitrogens with one attached hydrogen (secondary N) is 1. The van der Waals surface area contributed by atoms with Gasteiger partial charge < -0.3 is 15.0 Å². The summed E-state index contributed by atoms with van der Waals surface area (Å²) in [6.07, 6.45) is 1.71. The largest absolute Gasteiger partial charge is 0.506 e. The number of aromatic hydroxyl groups is 1. The van der Waals surface area contributed by atoms with Gasteiger partial charge in [-0.3, -0.25) is 9.59 Å². The Morgan fingerprint density at radius 2 is 2.00 bits per heavy atom. The zero-order valence-corrected chi connectivity index (χ0v) is 14.8. The van der Waals surface area contributed by atoms with Crippen LogP contribution in [0.5, 0.6) is 5.75 Å². The van der Waals surface area contributed by atoms with Crippen LogP contribution < -0.4 is 10.9 Å². The summed E-state index contributed by atoms with van der Waals surface area (Å²) in [6, 6.07) is 11.3. The highest BCUT2D eigenvalue weighted by molar-refractivity contribution is 6.09. The van der Waals surface area contributed by atoms with Gasteiger partial charge in [0.1, 0.15) is 11.3 Å². The molecular formula is C21H20N2O3. The van der Waals surface area contributed by atoms with Gasteiger partial charge in [0, 0.05) is 17.6 Å². The zero-order chi connectivity index (χ0) is 18.4. The van der Waals surface area contributed by atoms with Crippen molar-refractivity contribution < 1.29 is 9.90 Å². The third-order valence-electron chi connectivity index (χ3n) is 5.04. The van der Waals surface area contributed by atoms with Crippen LogP contribution in [0.2, 0.25) is 0 Å². The van der Waals surface area contributed by atoms with Crippen molar-refractivity contribution in [3.05, 3.63) is 69.0 Å². The summed E-state index contributed by atoms with van der Waals surface area (Å²) in [5.74, 6) is -0.823. The molecule has 0 fully saturated rings. The molecule has 0 aliphatic carbocycles. The van der Waals surface area contributed by atoms with Gasteiger partial charge in [0.05, 0.1) is 5.52 Å². The monoisotopic (exact) mass is 348 g/mol. The van der Waals surface area contributed by atoms with E-state index in [1.165, 1.54) is 0 Å². The minimum atomic E-state index is -0.581. The lowest BCUT2D eigenvalue weighted by molar-refractivity contribution is 0.102. The van der Waals surface area contributed by atoms with Gasteiger partial charge in [0.25, 0.3) is 11.5 Å². The third-order valence-corrected chi connectivity index (χ3v) is 5.04. The number of aromatic nitrogens is 1. The number of carbonyl (C=O) groups excluding carboxylic acids is 1. The second-order valence-corrected chi connectivity index (χ2v) is 6.87. The number of nitrogens with zero attached hydrogens (tertiary/aromatic N) is 1. The van der Waals surface area contributed by atoms with Crippen LogP contribution in [0.3, 0.4) is 0 Å². The number of hydrogen-bond donors (Lipinski definition) is 2. The van der Waals surface area contributed by atoms with Crippen molar-refractivity contribution in [3.63, 3.8) is 0 Å². The van der Waals surface area contributed by atoms with Crippen LogP contribution in [0.15, 0.2) is 41.2 Å². The molecule has 26 heavy (non-hydrogen) atoms. The third kappa shape index (κ3) is 2.47. The van der Waals surface area contributed by atoms with E-state index in [4.69, 9.17) is 0 Å². The number of para-hydroxylation sites is 1. The van der Waals surface area contributed by atoms with E-state index in [0.29, 0.717) is 17.6 Å². The summed E-state index contributed by atoms with van der Waals surface area (Å²) in [7, 11) is 0. The second kappa shape index (κ2) is 6.02. The van der Waals surface area contributed by atoms with Gasteiger partial charge in [-0.15, -0.1) is 0 Å². The maximum absolute atomic E-state index is 12.9. The molecule has 1 aliphatic heterocycles. The average Bonchev–Trinajstić information content (AvgIpc) is 2.62. The summed E-state index contributed by atoms with van der Waals surface area (Å²) in [4.78, 5) is 25.8. The highest BCUT2D eigenvalue weighted by Gasteiger charge is 2.25. The molecule has 2 aromatic carbocycles. The first-order chi connectivity index (χ1) is 12.5. The van der Waals surface area contributed by atoms with E-state index in [9.17, 15) is 14.7 Å². The minimum Gasteiger partial charge on any atom is -0.506 e. The Morgan fingerprint density at radius 3 is 2.81 bits per heavy atom. The van der Waals surface area contributed by atoms with E-state index in [2.05, 4.69) is 5.32 Å². The van der Waals surface area contributed by atoms with Crippen molar-refractivity contribution in [2.75, 3.05) is 5.32 Å². The maximum atomic E-state index is 12.9. The number of carbonyl (C=O) groups is 1. The molecule has 4 rings (SSSR count). The highest BCUT2D eigenvalue weighted by Crippen LogP contribution is 2.32. The fourth-order valence-electron chi connectivity index (χ4n) is 3.68. The molecule has 5 heteroatoms. The second-order valence-electron chi connectivity index (χ2n) is 6.87. The molecular weight excluding hydrogens is 328 g/mol. The van der Waals surface area contributed by atoms with Gasteiger partial charge in [-0.1, -0.05) is 24.3 Å². The van der Waals surface area contributed by atoms with Gasteiger partial charge in [0.2, 0.25) is 0 Å². The van der Waals surface area contributed by atoms with Crippen LogP contribution in [0, 0.1) is 13.8 Å². The van der Waals surface area contributed by atoms with Crippen LogP contribution in [0.1, 0.15) is 33.5 Å². The molecule has 2 N–H and O–H groups in total. The molecule has 1 aromatic heterocycles. The first-order valence-electron chi connectivity index (χ1n) is 8.73. The van der Waals surface area contributed by atoms with Crippen molar-refractivity contribution in [2.24, 2.45) is 0 Å². The van der Waals surface area contributed by atoms with E-state index in [0.717, 1.165) is 35.0 Å². The fraction of sp³-hybridized carbons (Fsp3) is 0.238. The zero-order valence-electron chi connectivity index (χ0n) is 14.8. The SMILES string of the molecule is Cc1ccc(C)c(NC(=O)c2c(O)c3cccc4c3n(c2=O)CCC4)c1. The van der Waals surface area contributed by atoms with Crippen molar-refractivity contribution in [1.82, 2.24) is 4.57 Å². The van der Waals surface area contributed by atoms with Crippen molar-refractivity contribution in [1.29, 1.82) is 0 Å². The molecule has 0 saturated heterocycles. The van der Waals surface area contributed by atoms with Crippen molar-refractivity contribution in [2.45, 2.75) is 33.2 Å². The van der Waals surface area contributed by atoms with Crippen molar-refractivity contribution in [3.8, 4) is 5.75 Å². The first kappa shape index (κ1) is 16.4. The summed E-state index contributed by atoms with van der Waals surface area (Å²) in [6.45, 7) is 4.37. The summed E-state index contributed by atoms with van der Waals surface area (Å²) in [5, 5.41) is 14.0. The van der Waals surface area contributed by atoms with Crippen LogP contribution in [0.4, 0.5) is 5.69 Å². The summed E-state index contributed by atoms with van der Waals surface area (Å²) >= 11 is 0. The average molecular weight is 348 g/mol. The Morgan fingerprint density at radius 1 is 1.19 bits per heavy atom. The lowest BCUT2D eigenvalue weighted by atomic mass is 9.99. The number of benzene rings is 2. The fourth-order valence-corrected chi connectivity index (χ4v) is 3.68. The van der Waals surface area contributed by atoms with Gasteiger partial charge >= 0.3 is 0 Å². The molecule has 0 atom stereocenters. The van der Waals surface area contributed by atoms with Gasteiger partial charge in [0.15, 0.2) is 0 Å². The molecule has 5 nitrogen and oxygen atoms in total. The standard InChI is InChI=1S/C21H20N2O3/c1-12-8-9-13(2)16(11-12)22-20(25)17-19(24)15-7-3-5-14-6-4-10-23(18(14)15)21(17)26/h3,5,7-9,11,24H,4,6,10H2,1-2H3,(H,22,25). The predicted molar refractivity (Wildman–Crippen MR) is 102 cm³/mol. The lowest BCUT2D eigenvalue weighted by Gasteiger charge is -2.21. The number of aryl methyl sites for hydroxylation is 4. The molecule has 2 heterocycles. The van der Waals surface area contributed by atoms with E-state index in [-0.39, 0.29) is 11.3 Å². The number of amides is 1. The first-order valence-corrected chi connectivity index (χ1v) is 8.73. The van der Waals surface area contributed by atoms with Crippen LogP contribution in [0.25, 0.3) is 10.9 Å². The quantitative estimate of drug-likeness (QED) is 0.744. The van der Waals surface area contributed by atoms with Gasteiger partial charge in [-0.25, -0.2) is 0 Å². The Balaban J connectivity index is 1.88. The Bertz CT molecular complexity index is 1110. The Hall–Kier alpha value is -3.08. The molecule has 0 unspecified atom stereocenters. The van der Waals surface area contributed by atoms with Crippen LogP contribution >= 0.6 is 0 Å². The van der Waals surface area contributed by atoms with Gasteiger partial charge in [-0.05, 0) is 55.5 Å². The molecule has 0 spiro atoms. The summed E-state index contributed by atoms with van der Waals surface area (Å²) < 4.78 is 1.62. The number of hydrogen-bond acceptors (Lipinski definition) is 3. The minimum absolute atomic E-state index is 0.197. The normalized spacial score (nSPS) is 13.0. The number of anilines is 1. The topological polar surface area (TPSA) is 71.3 Å². The molecule has 1 amide bonds. The Labute approximate surface area is 150 Å². The molecule has 0 saturated carbocycles. The smallest absolute Gasteiger partial charge is 0.267 e. The highest BCUT2D eigenvalue weighted by atomic mass is 16.3.